The van der Waals surface area contributed by atoms with Crippen LogP contribution in [0.2, 0.25) is 0 Å². The fraction of sp³-hybridized carbons (Fsp3) is 0.400. The third kappa shape index (κ3) is 2.18. The van der Waals surface area contributed by atoms with Crippen molar-refractivity contribution < 1.29 is 4.74 Å². The molecule has 0 N–H and O–H groups in total. The Morgan fingerprint density at radius 2 is 2.08 bits per heavy atom. The van der Waals surface area contributed by atoms with Gasteiger partial charge in [0.1, 0.15) is 5.75 Å². The molecule has 2 heteroatoms. The summed E-state index contributed by atoms with van der Waals surface area (Å²) in [6.07, 6.45) is 3.14. The quantitative estimate of drug-likeness (QED) is 0.665. The number of aryl methyl sites for hydroxylation is 1. The molecule has 0 spiro atoms. The van der Waals surface area contributed by atoms with Crippen LogP contribution >= 0.6 is 11.8 Å². The summed E-state index contributed by atoms with van der Waals surface area (Å²) in [7, 11) is 1.71. The summed E-state index contributed by atoms with van der Waals surface area (Å²) in [4.78, 5) is 1.27. The van der Waals surface area contributed by atoms with Crippen LogP contribution in [0.4, 0.5) is 0 Å². The summed E-state index contributed by atoms with van der Waals surface area (Å²) in [6, 6.07) is 6.34. The van der Waals surface area contributed by atoms with E-state index in [0.29, 0.717) is 0 Å². The Balaban J connectivity index is 3.01. The first-order chi connectivity index (χ1) is 5.80. The van der Waals surface area contributed by atoms with Gasteiger partial charge in [0.15, 0.2) is 0 Å². The standard InChI is InChI=1S/C10H14OS/c1-4-8-5-9(11-2)7-10(6-8)12-3/h5-7H,4H2,1-3H3. The molecule has 0 amide bonds. The molecule has 0 heterocycles. The van der Waals surface area contributed by atoms with Gasteiger partial charge in [-0.05, 0) is 36.4 Å². The number of thioether (sulfide) groups is 1. The van der Waals surface area contributed by atoms with E-state index in [4.69, 9.17) is 4.74 Å². The maximum Gasteiger partial charge on any atom is 0.120 e. The summed E-state index contributed by atoms with van der Waals surface area (Å²) in [6.45, 7) is 2.15. The van der Waals surface area contributed by atoms with Gasteiger partial charge in [-0.25, -0.2) is 0 Å². The molecule has 1 aromatic carbocycles. The average Bonchev–Trinajstić information content (AvgIpc) is 2.16. The Morgan fingerprint density at radius 3 is 2.58 bits per heavy atom. The third-order valence-corrected chi connectivity index (χ3v) is 2.53. The molecule has 0 aliphatic rings. The van der Waals surface area contributed by atoms with Gasteiger partial charge >= 0.3 is 0 Å². The molecule has 0 unspecified atom stereocenters. The van der Waals surface area contributed by atoms with Crippen LogP contribution in [-0.4, -0.2) is 13.4 Å². The van der Waals surface area contributed by atoms with Gasteiger partial charge in [-0.1, -0.05) is 6.92 Å². The van der Waals surface area contributed by atoms with Crippen LogP contribution in [0.25, 0.3) is 0 Å². The van der Waals surface area contributed by atoms with Crippen LogP contribution in [-0.2, 0) is 6.42 Å². The lowest BCUT2D eigenvalue weighted by molar-refractivity contribution is 0.413. The zero-order valence-corrected chi connectivity index (χ0v) is 8.57. The minimum atomic E-state index is 0.957. The fourth-order valence-electron chi connectivity index (χ4n) is 1.07. The van der Waals surface area contributed by atoms with Crippen molar-refractivity contribution in [2.24, 2.45) is 0 Å². The van der Waals surface area contributed by atoms with Crippen molar-refractivity contribution in [3.8, 4) is 5.75 Å². The molecule has 0 aromatic heterocycles. The monoisotopic (exact) mass is 182 g/mol. The predicted molar refractivity (Wildman–Crippen MR) is 54.2 cm³/mol. The summed E-state index contributed by atoms with van der Waals surface area (Å²) >= 11 is 1.75. The summed E-state index contributed by atoms with van der Waals surface area (Å²) in [5.41, 5.74) is 1.33. The van der Waals surface area contributed by atoms with E-state index in [0.717, 1.165) is 12.2 Å². The van der Waals surface area contributed by atoms with E-state index >= 15 is 0 Å². The molecule has 1 aromatic rings. The SMILES string of the molecule is CCc1cc(OC)cc(SC)c1. The highest BCUT2D eigenvalue weighted by atomic mass is 32.2. The largest absolute Gasteiger partial charge is 0.497 e. The summed E-state index contributed by atoms with van der Waals surface area (Å²) in [5, 5.41) is 0. The van der Waals surface area contributed by atoms with Crippen molar-refractivity contribution in [2.45, 2.75) is 18.2 Å². The zero-order valence-electron chi connectivity index (χ0n) is 7.76. The zero-order chi connectivity index (χ0) is 8.97. The van der Waals surface area contributed by atoms with E-state index in [9.17, 15) is 0 Å². The second kappa shape index (κ2) is 4.41. The molecular formula is C10H14OS. The molecule has 0 atom stereocenters. The number of rotatable bonds is 3. The van der Waals surface area contributed by atoms with E-state index < -0.39 is 0 Å². The van der Waals surface area contributed by atoms with E-state index in [1.807, 2.05) is 0 Å². The molecule has 0 bridgehead atoms. The second-order valence-electron chi connectivity index (χ2n) is 2.57. The van der Waals surface area contributed by atoms with Crippen molar-refractivity contribution in [1.29, 1.82) is 0 Å². The minimum Gasteiger partial charge on any atom is -0.497 e. The Labute approximate surface area is 78.1 Å². The average molecular weight is 182 g/mol. The highest BCUT2D eigenvalue weighted by Crippen LogP contribution is 2.23. The van der Waals surface area contributed by atoms with Crippen molar-refractivity contribution in [3.05, 3.63) is 23.8 Å². The Morgan fingerprint density at radius 1 is 1.33 bits per heavy atom. The first kappa shape index (κ1) is 9.46. The van der Waals surface area contributed by atoms with E-state index in [-0.39, 0.29) is 0 Å². The lowest BCUT2D eigenvalue weighted by atomic mass is 10.2. The van der Waals surface area contributed by atoms with Crippen molar-refractivity contribution in [1.82, 2.24) is 0 Å². The van der Waals surface area contributed by atoms with Crippen LogP contribution in [0, 0.1) is 0 Å². The Bertz CT molecular complexity index is 203. The van der Waals surface area contributed by atoms with Gasteiger partial charge in [-0.15, -0.1) is 11.8 Å². The minimum absolute atomic E-state index is 0.957. The second-order valence-corrected chi connectivity index (χ2v) is 3.45. The van der Waals surface area contributed by atoms with Crippen LogP contribution in [0.5, 0.6) is 5.75 Å². The van der Waals surface area contributed by atoms with Gasteiger partial charge in [0.05, 0.1) is 7.11 Å². The molecule has 0 aliphatic carbocycles. The van der Waals surface area contributed by atoms with E-state index in [2.05, 4.69) is 31.4 Å². The first-order valence-corrected chi connectivity index (χ1v) is 5.24. The smallest absolute Gasteiger partial charge is 0.120 e. The van der Waals surface area contributed by atoms with Gasteiger partial charge in [-0.3, -0.25) is 0 Å². The van der Waals surface area contributed by atoms with Gasteiger partial charge in [-0.2, -0.15) is 0 Å². The van der Waals surface area contributed by atoms with Crippen molar-refractivity contribution >= 4 is 11.8 Å². The molecule has 0 saturated carbocycles. The van der Waals surface area contributed by atoms with Gasteiger partial charge in [0, 0.05) is 4.90 Å². The fourth-order valence-corrected chi connectivity index (χ4v) is 1.57. The normalized spacial score (nSPS) is 9.92. The Hall–Kier alpha value is -0.630. The molecule has 0 fully saturated rings. The molecule has 0 aliphatic heterocycles. The predicted octanol–water partition coefficient (Wildman–Crippen LogP) is 2.98. The Kier molecular flexibility index (Phi) is 3.48. The lowest BCUT2D eigenvalue weighted by Gasteiger charge is -2.05. The molecular weight excluding hydrogens is 168 g/mol. The maximum atomic E-state index is 5.19. The number of ether oxygens (including phenoxy) is 1. The molecule has 12 heavy (non-hydrogen) atoms. The highest BCUT2D eigenvalue weighted by molar-refractivity contribution is 7.98. The van der Waals surface area contributed by atoms with Gasteiger partial charge in [0.25, 0.3) is 0 Å². The summed E-state index contributed by atoms with van der Waals surface area (Å²) in [5.74, 6) is 0.957. The lowest BCUT2D eigenvalue weighted by Crippen LogP contribution is -1.87. The van der Waals surface area contributed by atoms with E-state index in [1.165, 1.54) is 10.5 Å². The van der Waals surface area contributed by atoms with Crippen molar-refractivity contribution in [3.63, 3.8) is 0 Å². The topological polar surface area (TPSA) is 9.23 Å². The van der Waals surface area contributed by atoms with Crippen LogP contribution in [0.1, 0.15) is 12.5 Å². The number of hydrogen-bond donors (Lipinski definition) is 0. The van der Waals surface area contributed by atoms with Gasteiger partial charge in [0.2, 0.25) is 0 Å². The third-order valence-electron chi connectivity index (χ3n) is 1.82. The van der Waals surface area contributed by atoms with Gasteiger partial charge < -0.3 is 4.74 Å². The number of hydrogen-bond acceptors (Lipinski definition) is 2. The molecule has 0 saturated heterocycles. The van der Waals surface area contributed by atoms with E-state index in [1.54, 1.807) is 18.9 Å². The van der Waals surface area contributed by atoms with Crippen LogP contribution < -0.4 is 4.74 Å². The maximum absolute atomic E-state index is 5.19. The summed E-state index contributed by atoms with van der Waals surface area (Å²) < 4.78 is 5.19. The van der Waals surface area contributed by atoms with Crippen LogP contribution in [0.3, 0.4) is 0 Å². The molecule has 0 radical (unpaired) electrons. The van der Waals surface area contributed by atoms with Crippen molar-refractivity contribution in [2.75, 3.05) is 13.4 Å². The molecule has 66 valence electrons. The molecule has 1 rings (SSSR count). The highest BCUT2D eigenvalue weighted by Gasteiger charge is 1.98. The number of benzene rings is 1. The van der Waals surface area contributed by atoms with Crippen LogP contribution in [0.15, 0.2) is 23.1 Å². The molecule has 1 nitrogen and oxygen atoms in total. The number of methoxy groups -OCH3 is 1. The first-order valence-electron chi connectivity index (χ1n) is 4.02.